The summed E-state index contributed by atoms with van der Waals surface area (Å²) in [6.45, 7) is 0. The molecular formula is C17H20FN3O3. The number of nitrogen functional groups attached to an aromatic ring is 1. The molecule has 0 heterocycles. The summed E-state index contributed by atoms with van der Waals surface area (Å²) in [5.41, 5.74) is 7.17. The minimum atomic E-state index is -0.567. The molecule has 2 aromatic carbocycles. The molecule has 7 heteroatoms. The Morgan fingerprint density at radius 1 is 1.08 bits per heavy atom. The molecule has 0 aromatic heterocycles. The summed E-state index contributed by atoms with van der Waals surface area (Å²) in [5.74, 6) is 0.752. The maximum Gasteiger partial charge on any atom is 0.224 e. The molecule has 0 saturated heterocycles. The highest BCUT2D eigenvalue weighted by Crippen LogP contribution is 2.34. The molecular weight excluding hydrogens is 313 g/mol. The second kappa shape index (κ2) is 7.54. The Morgan fingerprint density at radius 2 is 1.75 bits per heavy atom. The van der Waals surface area contributed by atoms with Crippen LogP contribution in [0.15, 0.2) is 35.3 Å². The molecule has 0 aliphatic rings. The molecule has 0 amide bonds. The summed E-state index contributed by atoms with van der Waals surface area (Å²) in [5, 5.41) is 3.04. The first kappa shape index (κ1) is 17.4. The minimum Gasteiger partial charge on any atom is -0.493 e. The maximum atomic E-state index is 14.0. The number of hydrogen-bond donors (Lipinski definition) is 2. The highest BCUT2D eigenvalue weighted by atomic mass is 19.1. The Bertz CT molecular complexity index is 763. The van der Waals surface area contributed by atoms with Crippen LogP contribution in [0.3, 0.4) is 0 Å². The number of methoxy groups -OCH3 is 2. The van der Waals surface area contributed by atoms with Crippen LogP contribution in [-0.4, -0.2) is 34.2 Å². The molecule has 0 radical (unpaired) electrons. The third-order valence-corrected chi connectivity index (χ3v) is 3.39. The minimum absolute atomic E-state index is 0.0293. The molecule has 0 spiro atoms. The van der Waals surface area contributed by atoms with Crippen molar-refractivity contribution in [3.63, 3.8) is 0 Å². The van der Waals surface area contributed by atoms with Crippen LogP contribution in [0.5, 0.6) is 17.2 Å². The quantitative estimate of drug-likeness (QED) is 0.500. The van der Waals surface area contributed by atoms with Crippen molar-refractivity contribution in [3.8, 4) is 17.2 Å². The van der Waals surface area contributed by atoms with E-state index in [0.717, 1.165) is 0 Å². The average molecular weight is 333 g/mol. The van der Waals surface area contributed by atoms with Gasteiger partial charge in [0.25, 0.3) is 0 Å². The highest BCUT2D eigenvalue weighted by Gasteiger charge is 2.17. The predicted octanol–water partition coefficient (Wildman–Crippen LogP) is 2.92. The molecule has 2 rings (SSSR count). The van der Waals surface area contributed by atoms with Crippen LogP contribution in [-0.2, 0) is 0 Å². The van der Waals surface area contributed by atoms with Crippen molar-refractivity contribution in [2.24, 2.45) is 4.99 Å². The van der Waals surface area contributed by atoms with Gasteiger partial charge in [0.15, 0.2) is 23.1 Å². The SMILES string of the molecule is CN=C(Oc1ccc(N)cc1F)c1cc(OC)c(OC)cc1NC. The van der Waals surface area contributed by atoms with Crippen LogP contribution >= 0.6 is 0 Å². The molecule has 24 heavy (non-hydrogen) atoms. The zero-order chi connectivity index (χ0) is 17.7. The van der Waals surface area contributed by atoms with Gasteiger partial charge in [-0.05, 0) is 18.2 Å². The fraction of sp³-hybridized carbons (Fsp3) is 0.235. The lowest BCUT2D eigenvalue weighted by atomic mass is 10.1. The van der Waals surface area contributed by atoms with Gasteiger partial charge >= 0.3 is 0 Å². The normalized spacial score (nSPS) is 11.1. The second-order valence-corrected chi connectivity index (χ2v) is 4.82. The first-order valence-corrected chi connectivity index (χ1v) is 7.17. The fourth-order valence-corrected chi connectivity index (χ4v) is 2.19. The average Bonchev–Trinajstić information content (AvgIpc) is 2.60. The van der Waals surface area contributed by atoms with Gasteiger partial charge in [-0.25, -0.2) is 4.39 Å². The van der Waals surface area contributed by atoms with Gasteiger partial charge in [-0.3, -0.25) is 4.99 Å². The van der Waals surface area contributed by atoms with Crippen molar-refractivity contribution >= 4 is 17.3 Å². The van der Waals surface area contributed by atoms with Gasteiger partial charge in [-0.1, -0.05) is 0 Å². The topological polar surface area (TPSA) is 78.1 Å². The lowest BCUT2D eigenvalue weighted by Crippen LogP contribution is -2.14. The van der Waals surface area contributed by atoms with Crippen molar-refractivity contribution in [3.05, 3.63) is 41.7 Å². The second-order valence-electron chi connectivity index (χ2n) is 4.82. The smallest absolute Gasteiger partial charge is 0.224 e. The number of hydrogen-bond acceptors (Lipinski definition) is 6. The summed E-state index contributed by atoms with van der Waals surface area (Å²) in [6, 6.07) is 7.66. The fourth-order valence-electron chi connectivity index (χ4n) is 2.19. The Labute approximate surface area is 140 Å². The molecule has 3 N–H and O–H groups in total. The van der Waals surface area contributed by atoms with E-state index in [1.165, 1.54) is 19.2 Å². The van der Waals surface area contributed by atoms with E-state index in [-0.39, 0.29) is 11.6 Å². The van der Waals surface area contributed by atoms with E-state index in [1.807, 2.05) is 0 Å². The Hall–Kier alpha value is -2.96. The number of aliphatic imine (C=N–C) groups is 1. The van der Waals surface area contributed by atoms with Gasteiger partial charge in [-0.15, -0.1) is 0 Å². The van der Waals surface area contributed by atoms with Gasteiger partial charge < -0.3 is 25.3 Å². The standard InChI is InChI=1S/C17H20FN3O3/c1-20-13-9-16(23-4)15(22-3)8-11(13)17(21-2)24-14-6-5-10(19)7-12(14)18/h5-9,20H,19H2,1-4H3. The molecule has 128 valence electrons. The lowest BCUT2D eigenvalue weighted by molar-refractivity contribution is 0.355. The Kier molecular flexibility index (Phi) is 5.47. The molecule has 0 atom stereocenters. The van der Waals surface area contributed by atoms with Crippen LogP contribution < -0.4 is 25.3 Å². The predicted molar refractivity (Wildman–Crippen MR) is 93.0 cm³/mol. The van der Waals surface area contributed by atoms with Gasteiger partial charge in [-0.2, -0.15) is 0 Å². The number of ether oxygens (including phenoxy) is 3. The van der Waals surface area contributed by atoms with Crippen LogP contribution in [0.25, 0.3) is 0 Å². The maximum absolute atomic E-state index is 14.0. The van der Waals surface area contributed by atoms with E-state index < -0.39 is 5.82 Å². The zero-order valence-corrected chi connectivity index (χ0v) is 14.0. The Morgan fingerprint density at radius 3 is 2.29 bits per heavy atom. The van der Waals surface area contributed by atoms with E-state index in [9.17, 15) is 4.39 Å². The molecule has 2 aromatic rings. The summed E-state index contributed by atoms with van der Waals surface area (Å²) < 4.78 is 30.2. The lowest BCUT2D eigenvalue weighted by Gasteiger charge is -2.16. The van der Waals surface area contributed by atoms with Crippen molar-refractivity contribution < 1.29 is 18.6 Å². The van der Waals surface area contributed by atoms with Crippen LogP contribution in [0, 0.1) is 5.82 Å². The number of nitrogens with one attached hydrogen (secondary N) is 1. The molecule has 0 bridgehead atoms. The van der Waals surface area contributed by atoms with E-state index >= 15 is 0 Å². The molecule has 0 fully saturated rings. The van der Waals surface area contributed by atoms with Crippen molar-refractivity contribution in [1.29, 1.82) is 0 Å². The molecule has 0 aliphatic heterocycles. The van der Waals surface area contributed by atoms with E-state index in [4.69, 9.17) is 19.9 Å². The van der Waals surface area contributed by atoms with Crippen molar-refractivity contribution in [2.45, 2.75) is 0 Å². The molecule has 6 nitrogen and oxygen atoms in total. The number of anilines is 2. The number of rotatable bonds is 5. The summed E-state index contributed by atoms with van der Waals surface area (Å²) >= 11 is 0. The van der Waals surface area contributed by atoms with Gasteiger partial charge in [0, 0.05) is 31.9 Å². The largest absolute Gasteiger partial charge is 0.493 e. The Balaban J connectivity index is 2.47. The summed E-state index contributed by atoms with van der Waals surface area (Å²) in [7, 11) is 6.39. The summed E-state index contributed by atoms with van der Waals surface area (Å²) in [6.07, 6.45) is 0. The van der Waals surface area contributed by atoms with Gasteiger partial charge in [0.1, 0.15) is 0 Å². The first-order chi connectivity index (χ1) is 11.5. The van der Waals surface area contributed by atoms with E-state index in [2.05, 4.69) is 10.3 Å². The van der Waals surface area contributed by atoms with E-state index in [0.29, 0.717) is 28.4 Å². The molecule has 0 saturated carbocycles. The number of benzene rings is 2. The number of nitrogens with zero attached hydrogens (tertiary/aromatic N) is 1. The summed E-state index contributed by atoms with van der Waals surface area (Å²) in [4.78, 5) is 4.12. The van der Waals surface area contributed by atoms with E-state index in [1.54, 1.807) is 39.4 Å². The number of halogens is 1. The van der Waals surface area contributed by atoms with Crippen molar-refractivity contribution in [2.75, 3.05) is 39.4 Å². The van der Waals surface area contributed by atoms with Crippen LogP contribution in [0.1, 0.15) is 5.56 Å². The number of nitrogens with two attached hydrogens (primary N) is 1. The monoisotopic (exact) mass is 333 g/mol. The molecule has 0 aliphatic carbocycles. The third kappa shape index (κ3) is 3.51. The van der Waals surface area contributed by atoms with Crippen LogP contribution in [0.4, 0.5) is 15.8 Å². The zero-order valence-electron chi connectivity index (χ0n) is 14.0. The third-order valence-electron chi connectivity index (χ3n) is 3.39. The van der Waals surface area contributed by atoms with Gasteiger partial charge in [0.05, 0.1) is 25.5 Å². The van der Waals surface area contributed by atoms with Gasteiger partial charge in [0.2, 0.25) is 5.90 Å². The molecule has 0 unspecified atom stereocenters. The van der Waals surface area contributed by atoms with Crippen LogP contribution in [0.2, 0.25) is 0 Å². The highest BCUT2D eigenvalue weighted by molar-refractivity contribution is 6.01. The van der Waals surface area contributed by atoms with Crippen molar-refractivity contribution in [1.82, 2.24) is 0 Å². The first-order valence-electron chi connectivity index (χ1n) is 7.17.